The molecule has 1 heterocycles. The van der Waals surface area contributed by atoms with E-state index < -0.39 is 0 Å². The number of hydrogen-bond acceptors (Lipinski definition) is 3. The summed E-state index contributed by atoms with van der Waals surface area (Å²) in [6.07, 6.45) is 5.01. The van der Waals surface area contributed by atoms with Gasteiger partial charge < -0.3 is 14.6 Å². The minimum absolute atomic E-state index is 0.642. The Kier molecular flexibility index (Phi) is 5.62. The summed E-state index contributed by atoms with van der Waals surface area (Å²) in [6.45, 7) is 7.30. The van der Waals surface area contributed by atoms with Crippen LogP contribution in [0.25, 0.3) is 0 Å². The summed E-state index contributed by atoms with van der Waals surface area (Å²) in [7, 11) is 0. The van der Waals surface area contributed by atoms with E-state index >= 15 is 0 Å². The van der Waals surface area contributed by atoms with E-state index in [9.17, 15) is 0 Å². The van der Waals surface area contributed by atoms with Crippen LogP contribution in [0.5, 0.6) is 0 Å². The van der Waals surface area contributed by atoms with Gasteiger partial charge in [-0.2, -0.15) is 0 Å². The molecule has 108 valence electrons. The largest absolute Gasteiger partial charge is 0.378 e. The molecule has 0 unspecified atom stereocenters. The molecule has 0 radical (unpaired) electrons. The Morgan fingerprint density at radius 1 is 1.25 bits per heavy atom. The number of nitrogens with one attached hydrogen (secondary N) is 1. The summed E-state index contributed by atoms with van der Waals surface area (Å²) in [5.74, 6) is 1.07. The van der Waals surface area contributed by atoms with Crippen molar-refractivity contribution in [2.24, 2.45) is 0 Å². The number of rotatable bonds is 8. The molecule has 0 bridgehead atoms. The molecule has 0 atom stereocenters. The van der Waals surface area contributed by atoms with Gasteiger partial charge >= 0.3 is 0 Å². The summed E-state index contributed by atoms with van der Waals surface area (Å²) < 4.78 is 7.69. The van der Waals surface area contributed by atoms with Crippen molar-refractivity contribution in [1.82, 2.24) is 9.55 Å². The fraction of sp³-hybridized carbons (Fsp3) is 0.438. The number of aryl methyl sites for hydroxylation is 1. The fourth-order valence-electron chi connectivity index (χ4n) is 2.16. The molecule has 4 heteroatoms. The highest BCUT2D eigenvalue weighted by Gasteiger charge is 2.04. The predicted molar refractivity (Wildman–Crippen MR) is 81.6 cm³/mol. The van der Waals surface area contributed by atoms with Gasteiger partial charge in [0.2, 0.25) is 0 Å². The molecule has 1 N–H and O–H groups in total. The summed E-state index contributed by atoms with van der Waals surface area (Å²) >= 11 is 0. The lowest BCUT2D eigenvalue weighted by molar-refractivity contribution is 0.134. The van der Waals surface area contributed by atoms with E-state index in [0.717, 1.165) is 37.6 Å². The van der Waals surface area contributed by atoms with E-state index in [4.69, 9.17) is 4.74 Å². The summed E-state index contributed by atoms with van der Waals surface area (Å²) in [4.78, 5) is 4.41. The minimum atomic E-state index is 0.642. The van der Waals surface area contributed by atoms with Gasteiger partial charge in [0.05, 0.1) is 13.2 Å². The van der Waals surface area contributed by atoms with Crippen LogP contribution in [0.3, 0.4) is 0 Å². The maximum Gasteiger partial charge on any atom is 0.128 e. The van der Waals surface area contributed by atoms with E-state index in [0.29, 0.717) is 6.61 Å². The summed E-state index contributed by atoms with van der Waals surface area (Å²) in [5.41, 5.74) is 2.30. The molecule has 0 aliphatic carbocycles. The molecule has 0 aliphatic heterocycles. The van der Waals surface area contributed by atoms with Crippen LogP contribution in [0.1, 0.15) is 31.7 Å². The average Bonchev–Trinajstić information content (AvgIpc) is 2.91. The topological polar surface area (TPSA) is 39.1 Å². The molecule has 0 amide bonds. The van der Waals surface area contributed by atoms with E-state index in [2.05, 4.69) is 33.9 Å². The van der Waals surface area contributed by atoms with Crippen molar-refractivity contribution < 1.29 is 4.74 Å². The Morgan fingerprint density at radius 2 is 2.10 bits per heavy atom. The number of benzene rings is 1. The third kappa shape index (κ3) is 3.84. The molecule has 2 aromatic rings. The first-order valence-corrected chi connectivity index (χ1v) is 7.24. The molecule has 1 aromatic heterocycles. The summed E-state index contributed by atoms with van der Waals surface area (Å²) in [5, 5.41) is 3.46. The van der Waals surface area contributed by atoms with Crippen molar-refractivity contribution in [3.63, 3.8) is 0 Å². The van der Waals surface area contributed by atoms with Gasteiger partial charge in [-0.1, -0.05) is 25.1 Å². The zero-order valence-corrected chi connectivity index (χ0v) is 12.3. The Hall–Kier alpha value is -1.81. The molecule has 4 nitrogen and oxygen atoms in total. The van der Waals surface area contributed by atoms with Crippen LogP contribution >= 0.6 is 0 Å². The number of imidazole rings is 1. The molecule has 0 saturated carbocycles. The van der Waals surface area contributed by atoms with Crippen molar-refractivity contribution >= 4 is 5.69 Å². The van der Waals surface area contributed by atoms with Gasteiger partial charge in [-0.3, -0.25) is 0 Å². The number of ether oxygens (including phenoxy) is 1. The third-order valence-corrected chi connectivity index (χ3v) is 3.18. The van der Waals surface area contributed by atoms with E-state index in [1.165, 1.54) is 5.56 Å². The first kappa shape index (κ1) is 14.6. The van der Waals surface area contributed by atoms with Crippen LogP contribution in [-0.2, 0) is 24.4 Å². The van der Waals surface area contributed by atoms with Gasteiger partial charge in [-0.25, -0.2) is 4.98 Å². The van der Waals surface area contributed by atoms with Crippen LogP contribution in [0.15, 0.2) is 36.7 Å². The zero-order valence-electron chi connectivity index (χ0n) is 12.3. The second-order valence-corrected chi connectivity index (χ2v) is 4.68. The molecular weight excluding hydrogens is 250 g/mol. The predicted octanol–water partition coefficient (Wildman–Crippen LogP) is 3.44. The number of anilines is 1. The lowest BCUT2D eigenvalue weighted by Gasteiger charge is -2.12. The Balaban J connectivity index is 2.01. The Morgan fingerprint density at radius 3 is 2.90 bits per heavy atom. The van der Waals surface area contributed by atoms with E-state index in [1.54, 1.807) is 0 Å². The summed E-state index contributed by atoms with van der Waals surface area (Å²) in [6, 6.07) is 8.26. The van der Waals surface area contributed by atoms with Crippen LogP contribution in [-0.4, -0.2) is 16.2 Å². The molecule has 0 aliphatic rings. The maximum atomic E-state index is 5.50. The fourth-order valence-corrected chi connectivity index (χ4v) is 2.16. The van der Waals surface area contributed by atoms with E-state index in [-0.39, 0.29) is 0 Å². The molecular formula is C16H23N3O. The first-order valence-electron chi connectivity index (χ1n) is 7.24. The van der Waals surface area contributed by atoms with E-state index in [1.807, 2.05) is 31.5 Å². The lowest BCUT2D eigenvalue weighted by atomic mass is 10.2. The minimum Gasteiger partial charge on any atom is -0.378 e. The second-order valence-electron chi connectivity index (χ2n) is 4.68. The number of nitrogens with zero attached hydrogens (tertiary/aromatic N) is 2. The quantitative estimate of drug-likeness (QED) is 0.800. The van der Waals surface area contributed by atoms with Gasteiger partial charge in [-0.05, 0) is 19.4 Å². The molecule has 0 fully saturated rings. The smallest absolute Gasteiger partial charge is 0.128 e. The normalized spacial score (nSPS) is 10.7. The highest BCUT2D eigenvalue weighted by molar-refractivity contribution is 5.50. The van der Waals surface area contributed by atoms with Gasteiger partial charge in [0.25, 0.3) is 0 Å². The SMILES string of the molecule is CCCn1ccnc1CNc1ccccc1COCC. The van der Waals surface area contributed by atoms with Crippen molar-refractivity contribution in [2.75, 3.05) is 11.9 Å². The van der Waals surface area contributed by atoms with Crippen LogP contribution < -0.4 is 5.32 Å². The van der Waals surface area contributed by atoms with Crippen LogP contribution in [0.2, 0.25) is 0 Å². The molecule has 20 heavy (non-hydrogen) atoms. The lowest BCUT2D eigenvalue weighted by Crippen LogP contribution is -2.09. The highest BCUT2D eigenvalue weighted by Crippen LogP contribution is 2.17. The maximum absolute atomic E-state index is 5.50. The number of aromatic nitrogens is 2. The Bertz CT molecular complexity index is 522. The second kappa shape index (κ2) is 7.70. The van der Waals surface area contributed by atoms with Crippen molar-refractivity contribution in [1.29, 1.82) is 0 Å². The van der Waals surface area contributed by atoms with Crippen LogP contribution in [0, 0.1) is 0 Å². The molecule has 0 saturated heterocycles. The van der Waals surface area contributed by atoms with Gasteiger partial charge in [-0.15, -0.1) is 0 Å². The highest BCUT2D eigenvalue weighted by atomic mass is 16.5. The first-order chi connectivity index (χ1) is 9.85. The van der Waals surface area contributed by atoms with Gasteiger partial charge in [0.1, 0.15) is 5.82 Å². The third-order valence-electron chi connectivity index (χ3n) is 3.18. The van der Waals surface area contributed by atoms with Gasteiger partial charge in [0.15, 0.2) is 0 Å². The monoisotopic (exact) mass is 273 g/mol. The average molecular weight is 273 g/mol. The zero-order chi connectivity index (χ0) is 14.2. The van der Waals surface area contributed by atoms with Crippen molar-refractivity contribution in [2.45, 2.75) is 40.0 Å². The molecule has 1 aromatic carbocycles. The van der Waals surface area contributed by atoms with Gasteiger partial charge in [0, 0.05) is 36.8 Å². The standard InChI is InChI=1S/C16H23N3O/c1-3-10-19-11-9-17-16(19)12-18-15-8-6-5-7-14(15)13-20-4-2/h5-9,11,18H,3-4,10,12-13H2,1-2H3. The number of para-hydroxylation sites is 1. The van der Waals surface area contributed by atoms with Crippen molar-refractivity contribution in [3.8, 4) is 0 Å². The van der Waals surface area contributed by atoms with Crippen molar-refractivity contribution in [3.05, 3.63) is 48.0 Å². The molecule has 0 spiro atoms. The Labute approximate surface area is 120 Å². The molecule has 2 rings (SSSR count). The number of hydrogen-bond donors (Lipinski definition) is 1. The van der Waals surface area contributed by atoms with Crippen LogP contribution in [0.4, 0.5) is 5.69 Å².